The molecule has 6 nitrogen and oxygen atoms in total. The quantitative estimate of drug-likeness (QED) is 0.110. The molecule has 10 heteroatoms. The van der Waals surface area contributed by atoms with E-state index in [0.29, 0.717) is 30.9 Å². The molecule has 1 aromatic heterocycles. The second-order valence-corrected chi connectivity index (χ2v) is 11.1. The lowest BCUT2D eigenvalue weighted by atomic mass is 10.0. The van der Waals surface area contributed by atoms with Gasteiger partial charge in [0, 0.05) is 40.6 Å². The molecule has 0 unspecified atom stereocenters. The Bertz CT molecular complexity index is 1580. The predicted molar refractivity (Wildman–Crippen MR) is 165 cm³/mol. The fraction of sp³-hybridized carbons (Fsp3) is 0.265. The highest BCUT2D eigenvalue weighted by molar-refractivity contribution is 7.15. The zero-order valence-corrected chi connectivity index (χ0v) is 25.2. The van der Waals surface area contributed by atoms with Crippen LogP contribution < -0.4 is 10.1 Å². The van der Waals surface area contributed by atoms with Gasteiger partial charge in [0.2, 0.25) is 0 Å². The number of carboxylic acids is 1. The number of nitrogens with one attached hydrogen (secondary N) is 1. The van der Waals surface area contributed by atoms with Gasteiger partial charge in [0.05, 0.1) is 17.9 Å². The van der Waals surface area contributed by atoms with Gasteiger partial charge in [0.15, 0.2) is 5.78 Å². The predicted octanol–water partition coefficient (Wildman–Crippen LogP) is 7.77. The molecular weight excluding hydrogens is 589 g/mol. The number of allylic oxidation sites excluding steroid dienone is 2. The highest BCUT2D eigenvalue weighted by Crippen LogP contribution is 2.30. The number of benzene rings is 3. The Labute approximate surface area is 258 Å². The van der Waals surface area contributed by atoms with Crippen LogP contribution in [-0.4, -0.2) is 34.5 Å². The smallest absolute Gasteiger partial charge is 0.416 e. The molecule has 0 amide bonds. The van der Waals surface area contributed by atoms with E-state index in [-0.39, 0.29) is 12.0 Å². The van der Waals surface area contributed by atoms with Crippen molar-refractivity contribution in [2.45, 2.75) is 51.7 Å². The molecule has 0 aliphatic rings. The van der Waals surface area contributed by atoms with Gasteiger partial charge in [-0.3, -0.25) is 4.79 Å². The number of thiazole rings is 1. The van der Waals surface area contributed by atoms with E-state index in [2.05, 4.69) is 12.2 Å². The van der Waals surface area contributed by atoms with Crippen molar-refractivity contribution < 1.29 is 32.6 Å². The Morgan fingerprint density at radius 1 is 1.00 bits per heavy atom. The van der Waals surface area contributed by atoms with Crippen molar-refractivity contribution in [2.24, 2.45) is 0 Å². The van der Waals surface area contributed by atoms with Crippen molar-refractivity contribution in [3.63, 3.8) is 0 Å². The minimum Gasteiger partial charge on any atom is -0.493 e. The third-order valence-corrected chi connectivity index (χ3v) is 8.22. The summed E-state index contributed by atoms with van der Waals surface area (Å²) in [5.74, 6) is -0.966. The molecule has 0 fully saturated rings. The van der Waals surface area contributed by atoms with Crippen LogP contribution in [0, 0.1) is 0 Å². The molecule has 4 rings (SSSR count). The first-order chi connectivity index (χ1) is 21.1. The fourth-order valence-corrected chi connectivity index (χ4v) is 5.57. The first kappa shape index (κ1) is 32.5. The summed E-state index contributed by atoms with van der Waals surface area (Å²) in [5.41, 5.74) is 2.46. The summed E-state index contributed by atoms with van der Waals surface area (Å²) in [4.78, 5) is 30.7. The molecule has 0 saturated carbocycles. The molecule has 230 valence electrons. The van der Waals surface area contributed by atoms with Gasteiger partial charge in [-0.1, -0.05) is 68.4 Å². The summed E-state index contributed by atoms with van der Waals surface area (Å²) in [7, 11) is 0. The number of hydrogen-bond acceptors (Lipinski definition) is 6. The van der Waals surface area contributed by atoms with Gasteiger partial charge in [-0.15, -0.1) is 11.3 Å². The lowest BCUT2D eigenvalue weighted by molar-refractivity contribution is -0.139. The molecule has 0 saturated heterocycles. The van der Waals surface area contributed by atoms with Gasteiger partial charge in [-0.2, -0.15) is 13.2 Å². The molecule has 0 radical (unpaired) electrons. The second-order valence-electron chi connectivity index (χ2n) is 10.1. The molecule has 0 aliphatic carbocycles. The summed E-state index contributed by atoms with van der Waals surface area (Å²) in [6.45, 7) is 4.31. The molecule has 0 spiro atoms. The number of ketones is 1. The first-order valence-corrected chi connectivity index (χ1v) is 15.1. The van der Waals surface area contributed by atoms with Crippen LogP contribution in [0.15, 0.2) is 90.6 Å². The van der Waals surface area contributed by atoms with E-state index in [4.69, 9.17) is 9.72 Å². The van der Waals surface area contributed by atoms with E-state index in [9.17, 15) is 27.9 Å². The van der Waals surface area contributed by atoms with E-state index in [1.54, 1.807) is 42.5 Å². The minimum atomic E-state index is -4.50. The van der Waals surface area contributed by atoms with Crippen LogP contribution in [0.25, 0.3) is 10.6 Å². The standard InChI is InChI=1S/C34H33F3N2O4S/c1-3-26(21-30(40)23-12-14-25(15-13-23)34(35,36)37)38-29(33(41)42)20-22-10-16-27(17-11-22)43-19-18-28-31(4-2)44-32(39-28)24-8-6-5-7-9-24/h5-17,21,29,38H,3-4,18-20H2,1-2H3,(H,41,42)/t29-/m0/s1. The third kappa shape index (κ3) is 8.79. The van der Waals surface area contributed by atoms with Crippen LogP contribution in [-0.2, 0) is 30.2 Å². The van der Waals surface area contributed by atoms with Crippen molar-refractivity contribution in [2.75, 3.05) is 6.61 Å². The summed E-state index contributed by atoms with van der Waals surface area (Å²) >= 11 is 1.70. The third-order valence-electron chi connectivity index (χ3n) is 6.93. The molecule has 4 aromatic rings. The number of alkyl halides is 3. The molecule has 0 aliphatic heterocycles. The Kier molecular flexibility index (Phi) is 10.9. The maximum Gasteiger partial charge on any atom is 0.416 e. The molecule has 3 aromatic carbocycles. The molecule has 1 heterocycles. The lowest BCUT2D eigenvalue weighted by Crippen LogP contribution is -2.38. The van der Waals surface area contributed by atoms with Crippen LogP contribution in [0.2, 0.25) is 0 Å². The Balaban J connectivity index is 1.34. The molecular formula is C34H33F3N2O4S. The van der Waals surface area contributed by atoms with E-state index >= 15 is 0 Å². The average Bonchev–Trinajstić information content (AvgIpc) is 3.44. The van der Waals surface area contributed by atoms with Crippen LogP contribution in [0.5, 0.6) is 5.75 Å². The number of carbonyl (C=O) groups is 2. The normalized spacial score (nSPS) is 12.5. The summed E-state index contributed by atoms with van der Waals surface area (Å²) in [6, 6.07) is 20.1. The average molecular weight is 623 g/mol. The molecule has 2 N–H and O–H groups in total. The van der Waals surface area contributed by atoms with Crippen LogP contribution in [0.4, 0.5) is 13.2 Å². The monoisotopic (exact) mass is 622 g/mol. The van der Waals surface area contributed by atoms with Crippen molar-refractivity contribution in [1.82, 2.24) is 10.3 Å². The van der Waals surface area contributed by atoms with E-state index in [1.165, 1.54) is 11.0 Å². The second kappa shape index (κ2) is 14.8. The van der Waals surface area contributed by atoms with Crippen LogP contribution in [0.3, 0.4) is 0 Å². The zero-order valence-electron chi connectivity index (χ0n) is 24.4. The maximum absolute atomic E-state index is 12.8. The highest BCUT2D eigenvalue weighted by Gasteiger charge is 2.30. The number of hydrogen-bond donors (Lipinski definition) is 2. The zero-order chi connectivity index (χ0) is 31.7. The number of ether oxygens (including phenoxy) is 1. The number of aryl methyl sites for hydroxylation is 1. The molecule has 44 heavy (non-hydrogen) atoms. The maximum atomic E-state index is 12.8. The van der Waals surface area contributed by atoms with Crippen molar-refractivity contribution >= 4 is 23.1 Å². The van der Waals surface area contributed by atoms with Gasteiger partial charge in [0.25, 0.3) is 0 Å². The highest BCUT2D eigenvalue weighted by atomic mass is 32.1. The van der Waals surface area contributed by atoms with Gasteiger partial charge < -0.3 is 15.2 Å². The van der Waals surface area contributed by atoms with Gasteiger partial charge >= 0.3 is 12.1 Å². The summed E-state index contributed by atoms with van der Waals surface area (Å²) in [5, 5.41) is 13.7. The van der Waals surface area contributed by atoms with E-state index in [1.807, 2.05) is 30.3 Å². The van der Waals surface area contributed by atoms with Crippen LogP contribution in [0.1, 0.15) is 52.3 Å². The van der Waals surface area contributed by atoms with Crippen molar-refractivity contribution in [1.29, 1.82) is 0 Å². The summed E-state index contributed by atoms with van der Waals surface area (Å²) in [6.07, 6.45) is -1.25. The van der Waals surface area contributed by atoms with Gasteiger partial charge in [-0.25, -0.2) is 9.78 Å². The van der Waals surface area contributed by atoms with Crippen molar-refractivity contribution in [3.05, 3.63) is 118 Å². The number of carbonyl (C=O) groups excluding carboxylic acids is 1. The number of rotatable bonds is 14. The number of nitrogens with zero attached hydrogens (tertiary/aromatic N) is 1. The van der Waals surface area contributed by atoms with Gasteiger partial charge in [-0.05, 0) is 42.7 Å². The van der Waals surface area contributed by atoms with Crippen molar-refractivity contribution in [3.8, 4) is 16.3 Å². The van der Waals surface area contributed by atoms with Gasteiger partial charge in [0.1, 0.15) is 16.8 Å². The lowest BCUT2D eigenvalue weighted by Gasteiger charge is -2.18. The Morgan fingerprint density at radius 3 is 2.27 bits per heavy atom. The number of aromatic nitrogens is 1. The number of halogens is 3. The Hall–Kier alpha value is -4.44. The molecule has 1 atom stereocenters. The topological polar surface area (TPSA) is 88.5 Å². The summed E-state index contributed by atoms with van der Waals surface area (Å²) < 4.78 is 44.4. The number of carboxylic acid groups (broad SMARTS) is 1. The fourth-order valence-electron chi connectivity index (χ4n) is 4.52. The first-order valence-electron chi connectivity index (χ1n) is 14.2. The van der Waals surface area contributed by atoms with E-state index in [0.717, 1.165) is 52.5 Å². The number of aliphatic carboxylic acids is 1. The largest absolute Gasteiger partial charge is 0.493 e. The van der Waals surface area contributed by atoms with Crippen LogP contribution >= 0.6 is 11.3 Å². The molecule has 0 bridgehead atoms. The Morgan fingerprint density at radius 2 is 1.68 bits per heavy atom. The van der Waals surface area contributed by atoms with E-state index < -0.39 is 29.5 Å². The minimum absolute atomic E-state index is 0.0746. The SMILES string of the molecule is CCC(=CC(=O)c1ccc(C(F)(F)F)cc1)N[C@@H](Cc1ccc(OCCc2nc(-c3ccccc3)sc2CC)cc1)C(=O)O.